The van der Waals surface area contributed by atoms with Gasteiger partial charge in [-0.05, 0) is 12.1 Å². The number of aromatic carboxylic acids is 1. The Labute approximate surface area is 106 Å². The number of nitrogens with zero attached hydrogens (tertiary/aromatic N) is 2. The molecule has 0 radical (unpaired) electrons. The number of benzene rings is 1. The summed E-state index contributed by atoms with van der Waals surface area (Å²) < 4.78 is 31.0. The van der Waals surface area contributed by atoms with E-state index in [-0.39, 0.29) is 18.9 Å². The van der Waals surface area contributed by atoms with E-state index in [4.69, 9.17) is 0 Å². The van der Waals surface area contributed by atoms with E-state index < -0.39 is 34.9 Å². The molecule has 0 bridgehead atoms. The van der Waals surface area contributed by atoms with E-state index in [1.807, 2.05) is 0 Å². The summed E-state index contributed by atoms with van der Waals surface area (Å²) >= 11 is 0. The second-order valence-corrected chi connectivity index (χ2v) is 2.80. The fraction of sp³-hybridized carbons (Fsp3) is 0. The van der Waals surface area contributed by atoms with Crippen LogP contribution in [-0.4, -0.2) is 16.2 Å². The van der Waals surface area contributed by atoms with Gasteiger partial charge in [-0.1, -0.05) is 6.07 Å². The van der Waals surface area contributed by atoms with Gasteiger partial charge in [-0.2, -0.15) is 0 Å². The van der Waals surface area contributed by atoms with Crippen LogP contribution in [0.3, 0.4) is 0 Å². The molecule has 17 heavy (non-hydrogen) atoms. The number of carboxylic acids is 1. The molecule has 0 fully saturated rings. The molecule has 82 valence electrons. The Bertz CT molecular complexity index is 539. The van der Waals surface area contributed by atoms with Crippen molar-refractivity contribution in [1.82, 2.24) is 10.2 Å². The Balaban J connectivity index is 0.00000144. The number of hydrogen-bond donors (Lipinski definition) is 0. The molecule has 2 rings (SSSR count). The van der Waals surface area contributed by atoms with Gasteiger partial charge in [0.25, 0.3) is 11.8 Å². The van der Waals surface area contributed by atoms with Gasteiger partial charge in [-0.3, -0.25) is 0 Å². The van der Waals surface area contributed by atoms with Crippen LogP contribution in [0.25, 0.3) is 11.5 Å². The van der Waals surface area contributed by atoms with Crippen LogP contribution in [0.2, 0.25) is 0 Å². The monoisotopic (exact) mass is 232 g/mol. The molecule has 8 heteroatoms. The van der Waals surface area contributed by atoms with Gasteiger partial charge >= 0.3 is 18.9 Å². The van der Waals surface area contributed by atoms with Crippen molar-refractivity contribution in [2.24, 2.45) is 0 Å². The van der Waals surface area contributed by atoms with Crippen molar-refractivity contribution in [1.29, 1.82) is 0 Å². The number of aromatic nitrogens is 2. The zero-order chi connectivity index (χ0) is 11.7. The molecule has 1 aromatic heterocycles. The zero-order valence-corrected chi connectivity index (χ0v) is 8.61. The molecule has 0 aliphatic heterocycles. The second kappa shape index (κ2) is 5.08. The normalized spacial score (nSPS) is 9.76. The Morgan fingerprint density at radius 2 is 1.82 bits per heavy atom. The Morgan fingerprint density at radius 1 is 1.24 bits per heavy atom. The zero-order valence-electron chi connectivity index (χ0n) is 8.61. The van der Waals surface area contributed by atoms with Crippen molar-refractivity contribution in [2.45, 2.75) is 0 Å². The maximum absolute atomic E-state index is 13.2. The van der Waals surface area contributed by atoms with Crippen LogP contribution in [0, 0.1) is 11.6 Å². The first-order chi connectivity index (χ1) is 7.59. The third kappa shape index (κ3) is 2.51. The molecule has 2 aromatic rings. The predicted molar refractivity (Wildman–Crippen MR) is 44.0 cm³/mol. The molecule has 0 unspecified atom stereocenters. The molecule has 0 N–H and O–H groups in total. The van der Waals surface area contributed by atoms with E-state index >= 15 is 0 Å². The van der Waals surface area contributed by atoms with Crippen molar-refractivity contribution < 1.29 is 42.0 Å². The molecular weight excluding hydrogens is 229 g/mol. The Morgan fingerprint density at radius 3 is 2.29 bits per heavy atom. The average molecular weight is 232 g/mol. The van der Waals surface area contributed by atoms with E-state index in [1.54, 1.807) is 0 Å². The van der Waals surface area contributed by atoms with E-state index in [0.717, 1.165) is 18.2 Å². The predicted octanol–water partition coefficient (Wildman–Crippen LogP) is -2.62. The number of carbonyl (C=O) groups excluding carboxylic acids is 1. The first-order valence-electron chi connectivity index (χ1n) is 4.09. The second-order valence-electron chi connectivity index (χ2n) is 2.80. The fourth-order valence-corrected chi connectivity index (χ4v) is 1.11. The van der Waals surface area contributed by atoms with E-state index in [2.05, 4.69) is 14.6 Å². The molecule has 0 saturated carbocycles. The van der Waals surface area contributed by atoms with E-state index in [9.17, 15) is 18.7 Å². The van der Waals surface area contributed by atoms with Crippen LogP contribution in [0.15, 0.2) is 22.6 Å². The minimum Gasteiger partial charge on any atom is -0.540 e. The SMILES string of the molecule is O=C([O-])c1nnc(-c2c(F)cccc2F)o1.[Li+]. The summed E-state index contributed by atoms with van der Waals surface area (Å²) in [6.07, 6.45) is 0. The molecular formula is C9H3F2LiN2O3. The van der Waals surface area contributed by atoms with Gasteiger partial charge in [-0.15, -0.1) is 10.2 Å². The average Bonchev–Trinajstić information content (AvgIpc) is 2.66. The summed E-state index contributed by atoms with van der Waals surface area (Å²) in [6, 6.07) is 3.13. The van der Waals surface area contributed by atoms with Gasteiger partial charge in [-0.25, -0.2) is 8.78 Å². The molecule has 0 aliphatic rings. The van der Waals surface area contributed by atoms with Gasteiger partial charge in [0.2, 0.25) is 0 Å². The molecule has 1 heterocycles. The third-order valence-electron chi connectivity index (χ3n) is 1.78. The van der Waals surface area contributed by atoms with Gasteiger partial charge in [0.05, 0.1) is 0 Å². The molecule has 0 saturated heterocycles. The van der Waals surface area contributed by atoms with Crippen LogP contribution < -0.4 is 24.0 Å². The van der Waals surface area contributed by atoms with E-state index in [1.165, 1.54) is 0 Å². The van der Waals surface area contributed by atoms with Crippen LogP contribution >= 0.6 is 0 Å². The van der Waals surface area contributed by atoms with Gasteiger partial charge in [0.1, 0.15) is 23.2 Å². The molecule has 0 amide bonds. The number of hydrogen-bond acceptors (Lipinski definition) is 5. The minimum absolute atomic E-state index is 0. The third-order valence-corrected chi connectivity index (χ3v) is 1.78. The summed E-state index contributed by atoms with van der Waals surface area (Å²) in [5, 5.41) is 16.6. The summed E-state index contributed by atoms with van der Waals surface area (Å²) in [7, 11) is 0. The van der Waals surface area contributed by atoms with Gasteiger partial charge in [0, 0.05) is 0 Å². The summed E-state index contributed by atoms with van der Waals surface area (Å²) in [6.45, 7) is 0. The van der Waals surface area contributed by atoms with E-state index in [0.29, 0.717) is 0 Å². The van der Waals surface area contributed by atoms with Crippen molar-refractivity contribution in [3.05, 3.63) is 35.7 Å². The van der Waals surface area contributed by atoms with Crippen molar-refractivity contribution in [3.8, 4) is 11.5 Å². The smallest absolute Gasteiger partial charge is 0.540 e. The molecule has 0 atom stereocenters. The first-order valence-corrected chi connectivity index (χ1v) is 4.09. The summed E-state index contributed by atoms with van der Waals surface area (Å²) in [4.78, 5) is 10.3. The molecule has 5 nitrogen and oxygen atoms in total. The van der Waals surface area contributed by atoms with Crippen LogP contribution in [-0.2, 0) is 0 Å². The molecule has 0 aliphatic carbocycles. The number of carboxylic acid groups (broad SMARTS) is 1. The summed E-state index contributed by atoms with van der Waals surface area (Å²) in [5.74, 6) is -4.94. The van der Waals surface area contributed by atoms with Crippen molar-refractivity contribution in [3.63, 3.8) is 0 Å². The fourth-order valence-electron chi connectivity index (χ4n) is 1.11. The quantitative estimate of drug-likeness (QED) is 0.530. The summed E-state index contributed by atoms with van der Waals surface area (Å²) in [5.41, 5.74) is -0.567. The Hall–Kier alpha value is -1.71. The Kier molecular flexibility index (Phi) is 3.99. The molecule has 1 aromatic carbocycles. The van der Waals surface area contributed by atoms with Crippen molar-refractivity contribution >= 4 is 5.97 Å². The van der Waals surface area contributed by atoms with Gasteiger partial charge < -0.3 is 14.3 Å². The van der Waals surface area contributed by atoms with Crippen LogP contribution in [0.1, 0.15) is 10.7 Å². The minimum atomic E-state index is -1.71. The molecule has 0 spiro atoms. The standard InChI is InChI=1S/C9H4F2N2O3.Li/c10-4-2-1-3-5(11)6(4)7-12-13-8(16-7)9(14)15;/h1-3H,(H,14,15);/q;+1/p-1. The largest absolute Gasteiger partial charge is 1.00 e. The van der Waals surface area contributed by atoms with Crippen LogP contribution in [0.5, 0.6) is 0 Å². The number of halogens is 2. The van der Waals surface area contributed by atoms with Crippen LogP contribution in [0.4, 0.5) is 8.78 Å². The van der Waals surface area contributed by atoms with Gasteiger partial charge in [0.15, 0.2) is 0 Å². The van der Waals surface area contributed by atoms with Crippen molar-refractivity contribution in [2.75, 3.05) is 0 Å². The number of carbonyl (C=O) groups is 1. The first kappa shape index (κ1) is 13.4. The topological polar surface area (TPSA) is 79.0 Å². The maximum atomic E-state index is 13.2. The maximum Gasteiger partial charge on any atom is 1.00 e. The number of rotatable bonds is 2.